The Balaban J connectivity index is 1.70. The summed E-state index contributed by atoms with van der Waals surface area (Å²) in [6.07, 6.45) is 17.0. The molecular formula is C25H37O4S-. The minimum absolute atomic E-state index is 0.103. The second-order valence-electron chi connectivity index (χ2n) is 9.87. The zero-order chi connectivity index (χ0) is 21.0. The zero-order valence-corrected chi connectivity index (χ0v) is 19.1. The third-order valence-electron chi connectivity index (χ3n) is 7.67. The third-order valence-corrected chi connectivity index (χ3v) is 8.64. The van der Waals surface area contributed by atoms with Gasteiger partial charge < -0.3 is 9.29 Å². The Morgan fingerprint density at radius 1 is 0.733 bits per heavy atom. The van der Waals surface area contributed by atoms with Gasteiger partial charge >= 0.3 is 0 Å². The SMILES string of the molecule is O=S(=O)([O-])c1c(C2CCCCC2)cc(OCC2CCCCC2)cc1C1CCCCC1. The Hall–Kier alpha value is -1.07. The van der Waals surface area contributed by atoms with E-state index >= 15 is 0 Å². The molecule has 4 nitrogen and oxygen atoms in total. The molecule has 3 fully saturated rings. The minimum Gasteiger partial charge on any atom is -0.744 e. The molecule has 0 aliphatic heterocycles. The third kappa shape index (κ3) is 5.40. The van der Waals surface area contributed by atoms with E-state index < -0.39 is 10.1 Å². The van der Waals surface area contributed by atoms with Crippen LogP contribution in [0.3, 0.4) is 0 Å². The molecule has 5 heteroatoms. The predicted molar refractivity (Wildman–Crippen MR) is 118 cm³/mol. The summed E-state index contributed by atoms with van der Waals surface area (Å²) < 4.78 is 43.7. The van der Waals surface area contributed by atoms with Crippen LogP contribution in [0.15, 0.2) is 17.0 Å². The average Bonchev–Trinajstić information content (AvgIpc) is 2.78. The molecule has 3 saturated carbocycles. The molecule has 1 aromatic rings. The Labute approximate surface area is 182 Å². The highest BCUT2D eigenvalue weighted by atomic mass is 32.2. The van der Waals surface area contributed by atoms with Crippen LogP contribution in [0.25, 0.3) is 0 Å². The normalized spacial score (nSPS) is 22.8. The van der Waals surface area contributed by atoms with Crippen LogP contribution < -0.4 is 4.74 Å². The first-order valence-corrected chi connectivity index (χ1v) is 13.7. The second kappa shape index (κ2) is 10.0. The maximum atomic E-state index is 12.5. The van der Waals surface area contributed by atoms with Gasteiger partial charge in [-0.1, -0.05) is 57.8 Å². The number of rotatable bonds is 6. The van der Waals surface area contributed by atoms with Crippen molar-refractivity contribution in [1.29, 1.82) is 0 Å². The van der Waals surface area contributed by atoms with Crippen LogP contribution in [0.1, 0.15) is 119 Å². The summed E-state index contributed by atoms with van der Waals surface area (Å²) in [7, 11) is -4.52. The molecule has 3 aliphatic rings. The zero-order valence-electron chi connectivity index (χ0n) is 18.2. The Morgan fingerprint density at radius 2 is 1.17 bits per heavy atom. The highest BCUT2D eigenvalue weighted by Crippen LogP contribution is 2.44. The number of benzene rings is 1. The summed E-state index contributed by atoms with van der Waals surface area (Å²) in [5.74, 6) is 1.71. The van der Waals surface area contributed by atoms with Gasteiger partial charge in [0.1, 0.15) is 15.9 Å². The van der Waals surface area contributed by atoms with Gasteiger partial charge in [0, 0.05) is 0 Å². The van der Waals surface area contributed by atoms with Crippen molar-refractivity contribution in [3.63, 3.8) is 0 Å². The molecule has 1 aromatic carbocycles. The quantitative estimate of drug-likeness (QED) is 0.471. The molecule has 0 N–H and O–H groups in total. The van der Waals surface area contributed by atoms with Crippen molar-refractivity contribution in [2.75, 3.05) is 6.61 Å². The standard InChI is InChI=1S/C25H38O4S/c26-30(27,28)25-23(20-12-6-2-7-13-20)16-22(29-18-19-10-4-1-5-11-19)17-24(25)21-14-8-3-9-15-21/h16-17,19-21H,1-15,18H2,(H,26,27,28)/p-1. The van der Waals surface area contributed by atoms with Gasteiger partial charge in [0.2, 0.25) is 0 Å². The van der Waals surface area contributed by atoms with Crippen LogP contribution in [-0.2, 0) is 10.1 Å². The van der Waals surface area contributed by atoms with Crippen molar-refractivity contribution in [3.8, 4) is 5.75 Å². The van der Waals surface area contributed by atoms with Gasteiger partial charge in [-0.15, -0.1) is 0 Å². The van der Waals surface area contributed by atoms with Gasteiger partial charge in [-0.25, -0.2) is 8.42 Å². The van der Waals surface area contributed by atoms with Crippen molar-refractivity contribution in [2.24, 2.45) is 5.92 Å². The van der Waals surface area contributed by atoms with E-state index in [4.69, 9.17) is 4.74 Å². The van der Waals surface area contributed by atoms with Crippen LogP contribution >= 0.6 is 0 Å². The summed E-state index contributed by atoms with van der Waals surface area (Å²) in [6, 6.07) is 3.83. The number of ether oxygens (including phenoxy) is 1. The molecule has 0 aromatic heterocycles. The first-order chi connectivity index (χ1) is 14.5. The van der Waals surface area contributed by atoms with E-state index in [2.05, 4.69) is 0 Å². The van der Waals surface area contributed by atoms with Crippen LogP contribution in [0.2, 0.25) is 0 Å². The van der Waals surface area contributed by atoms with E-state index in [1.165, 1.54) is 44.9 Å². The van der Waals surface area contributed by atoms with Gasteiger partial charge in [0.05, 0.1) is 11.5 Å². The largest absolute Gasteiger partial charge is 0.744 e. The fourth-order valence-corrected chi connectivity index (χ4v) is 7.05. The molecule has 0 bridgehead atoms. The lowest BCUT2D eigenvalue weighted by Gasteiger charge is -2.31. The molecule has 0 unspecified atom stereocenters. The van der Waals surface area contributed by atoms with Crippen LogP contribution in [0.4, 0.5) is 0 Å². The Morgan fingerprint density at radius 3 is 1.60 bits per heavy atom. The van der Waals surface area contributed by atoms with Crippen molar-refractivity contribution in [2.45, 2.75) is 113 Å². The van der Waals surface area contributed by atoms with Gasteiger partial charge in [0.25, 0.3) is 0 Å². The van der Waals surface area contributed by atoms with Crippen molar-refractivity contribution in [1.82, 2.24) is 0 Å². The van der Waals surface area contributed by atoms with Gasteiger partial charge in [0.15, 0.2) is 0 Å². The number of hydrogen-bond donors (Lipinski definition) is 0. The van der Waals surface area contributed by atoms with E-state index in [1.807, 2.05) is 12.1 Å². The van der Waals surface area contributed by atoms with Gasteiger partial charge in [-0.2, -0.15) is 0 Å². The fourth-order valence-electron chi connectivity index (χ4n) is 6.02. The molecule has 0 radical (unpaired) electrons. The molecule has 0 atom stereocenters. The maximum Gasteiger partial charge on any atom is 0.125 e. The van der Waals surface area contributed by atoms with Crippen molar-refractivity contribution in [3.05, 3.63) is 23.3 Å². The minimum atomic E-state index is -4.52. The van der Waals surface area contributed by atoms with Crippen LogP contribution in [0, 0.1) is 5.92 Å². The molecule has 0 spiro atoms. The molecule has 4 rings (SSSR count). The molecular weight excluding hydrogens is 396 g/mol. The molecule has 0 saturated heterocycles. The van der Waals surface area contributed by atoms with E-state index in [0.717, 1.165) is 68.2 Å². The first-order valence-electron chi connectivity index (χ1n) is 12.3. The van der Waals surface area contributed by atoms with Gasteiger partial charge in [-0.3, -0.25) is 0 Å². The van der Waals surface area contributed by atoms with Crippen molar-refractivity contribution < 1.29 is 17.7 Å². The average molecular weight is 434 g/mol. The topological polar surface area (TPSA) is 66.4 Å². The molecule has 168 valence electrons. The summed E-state index contributed by atoms with van der Waals surface area (Å²) >= 11 is 0. The lowest BCUT2D eigenvalue weighted by molar-refractivity contribution is 0.208. The van der Waals surface area contributed by atoms with E-state index in [1.54, 1.807) is 0 Å². The van der Waals surface area contributed by atoms with E-state index in [0.29, 0.717) is 12.5 Å². The van der Waals surface area contributed by atoms with Gasteiger partial charge in [-0.05, 0) is 79.5 Å². The van der Waals surface area contributed by atoms with E-state index in [-0.39, 0.29) is 16.7 Å². The maximum absolute atomic E-state index is 12.5. The smallest absolute Gasteiger partial charge is 0.125 e. The monoisotopic (exact) mass is 433 g/mol. The lowest BCUT2D eigenvalue weighted by Crippen LogP contribution is -2.18. The van der Waals surface area contributed by atoms with Crippen LogP contribution in [-0.4, -0.2) is 19.6 Å². The van der Waals surface area contributed by atoms with E-state index in [9.17, 15) is 13.0 Å². The van der Waals surface area contributed by atoms with Crippen molar-refractivity contribution >= 4 is 10.1 Å². The highest BCUT2D eigenvalue weighted by Gasteiger charge is 2.29. The summed E-state index contributed by atoms with van der Waals surface area (Å²) in [5.41, 5.74) is 1.51. The summed E-state index contributed by atoms with van der Waals surface area (Å²) in [5, 5.41) is 0. The van der Waals surface area contributed by atoms with Crippen LogP contribution in [0.5, 0.6) is 5.75 Å². The molecule has 0 heterocycles. The first kappa shape index (κ1) is 22.1. The Kier molecular flexibility index (Phi) is 7.40. The molecule has 3 aliphatic carbocycles. The number of hydrogen-bond acceptors (Lipinski definition) is 4. The summed E-state index contributed by atoms with van der Waals surface area (Å²) in [6.45, 7) is 0.706. The Bertz CT molecular complexity index is 759. The predicted octanol–water partition coefficient (Wildman–Crippen LogP) is 6.65. The summed E-state index contributed by atoms with van der Waals surface area (Å²) in [4.78, 5) is 0.103. The fraction of sp³-hybridized carbons (Fsp3) is 0.760. The lowest BCUT2D eigenvalue weighted by atomic mass is 9.79. The second-order valence-corrected chi connectivity index (χ2v) is 11.2. The molecule has 30 heavy (non-hydrogen) atoms. The molecule has 0 amide bonds. The highest BCUT2D eigenvalue weighted by molar-refractivity contribution is 7.85.